The molecule has 0 aliphatic carbocycles. The fraction of sp³-hybridized carbons (Fsp3) is 0.393. The first-order valence-corrected chi connectivity index (χ1v) is 15.7. The molecule has 2 aliphatic rings. The molecule has 218 valence electrons. The topological polar surface area (TPSA) is 118 Å². The Morgan fingerprint density at radius 3 is 2.73 bits per heavy atom. The molecule has 13 heteroatoms. The molecule has 2 fully saturated rings. The molecule has 2 saturated heterocycles. The minimum Gasteiger partial charge on any atom is -0.350 e. The Morgan fingerprint density at radius 2 is 1.98 bits per heavy atom. The number of thiophene rings is 1. The minimum atomic E-state index is -4.26. The van der Waals surface area contributed by atoms with Gasteiger partial charge in [0.15, 0.2) is 6.29 Å². The van der Waals surface area contributed by atoms with Crippen molar-refractivity contribution >= 4 is 33.2 Å². The predicted octanol–water partition coefficient (Wildman–Crippen LogP) is 3.36. The molecule has 0 saturated carbocycles. The number of nitrogens with one attached hydrogen (secondary N) is 1. The number of carbonyl (C=O) groups excluding carboxylic acids is 2. The van der Waals surface area contributed by atoms with Gasteiger partial charge in [0.05, 0.1) is 0 Å². The SMILES string of the molecule is O=C(NOC1CCCCO1)[C@H]1CN(C(=O)CCc2cccnc2)CCN1S(=O)(=O)c1sccc1-c1ccccc1F. The van der Waals surface area contributed by atoms with Gasteiger partial charge in [0.25, 0.3) is 15.9 Å². The van der Waals surface area contributed by atoms with Crippen LogP contribution in [0, 0.1) is 5.82 Å². The number of nitrogens with zero attached hydrogens (tertiary/aromatic N) is 3. The van der Waals surface area contributed by atoms with Gasteiger partial charge in [0.1, 0.15) is 16.1 Å². The third-order valence-corrected chi connectivity index (χ3v) is 10.5. The van der Waals surface area contributed by atoms with E-state index in [4.69, 9.17) is 9.57 Å². The maximum Gasteiger partial charge on any atom is 0.263 e. The van der Waals surface area contributed by atoms with Crippen molar-refractivity contribution in [1.29, 1.82) is 0 Å². The Balaban J connectivity index is 1.37. The second kappa shape index (κ2) is 13.2. The van der Waals surface area contributed by atoms with Crippen molar-refractivity contribution in [3.05, 3.63) is 71.6 Å². The highest BCUT2D eigenvalue weighted by molar-refractivity contribution is 7.91. The number of hydrogen-bond acceptors (Lipinski definition) is 8. The smallest absolute Gasteiger partial charge is 0.263 e. The Morgan fingerprint density at radius 1 is 1.12 bits per heavy atom. The summed E-state index contributed by atoms with van der Waals surface area (Å²) in [6.45, 7) is 0.322. The maximum absolute atomic E-state index is 14.6. The van der Waals surface area contributed by atoms with Gasteiger partial charge in [-0.3, -0.25) is 14.6 Å². The zero-order chi connectivity index (χ0) is 28.8. The van der Waals surface area contributed by atoms with Gasteiger partial charge in [-0.15, -0.1) is 11.3 Å². The summed E-state index contributed by atoms with van der Waals surface area (Å²) in [6.07, 6.45) is 5.71. The average molecular weight is 603 g/mol. The molecule has 1 N–H and O–H groups in total. The van der Waals surface area contributed by atoms with Crippen LogP contribution in [0.2, 0.25) is 0 Å². The summed E-state index contributed by atoms with van der Waals surface area (Å²) in [6, 6.07) is 9.88. The second-order valence-corrected chi connectivity index (χ2v) is 12.8. The first kappa shape index (κ1) is 29.3. The Labute approximate surface area is 242 Å². The average Bonchev–Trinajstić information content (AvgIpc) is 3.50. The maximum atomic E-state index is 14.6. The van der Waals surface area contributed by atoms with Crippen molar-refractivity contribution in [3.8, 4) is 11.1 Å². The fourth-order valence-corrected chi connectivity index (χ4v) is 7.99. The van der Waals surface area contributed by atoms with Gasteiger partial charge < -0.3 is 9.64 Å². The molecule has 2 aliphatic heterocycles. The third-order valence-electron chi connectivity index (χ3n) is 7.10. The number of ether oxygens (including phenoxy) is 1. The van der Waals surface area contributed by atoms with Gasteiger partial charge in [0.2, 0.25) is 5.91 Å². The lowest BCUT2D eigenvalue weighted by atomic mass is 10.1. The Bertz CT molecular complexity index is 1460. The highest BCUT2D eigenvalue weighted by Crippen LogP contribution is 2.36. The summed E-state index contributed by atoms with van der Waals surface area (Å²) in [7, 11) is -4.26. The molecular formula is C28H31FN4O6S2. The van der Waals surface area contributed by atoms with E-state index in [-0.39, 0.29) is 47.3 Å². The van der Waals surface area contributed by atoms with E-state index in [0.717, 1.165) is 34.0 Å². The van der Waals surface area contributed by atoms with Gasteiger partial charge in [-0.1, -0.05) is 24.3 Å². The van der Waals surface area contributed by atoms with Crippen LogP contribution in [-0.4, -0.2) is 73.0 Å². The standard InChI is InChI=1S/C28H31FN4O6S2/c29-23-8-2-1-7-21(23)22-12-17-40-28(22)41(36,37)33-15-14-32(25(34)11-10-20-6-5-13-30-18-20)19-24(33)27(35)31-39-26-9-3-4-16-38-26/h1-2,5-8,12-13,17-18,24,26H,3-4,9-11,14-16,19H2,(H,31,35)/t24-,26?/m1/s1. The number of benzene rings is 1. The summed E-state index contributed by atoms with van der Waals surface area (Å²) in [5, 5.41) is 1.57. The summed E-state index contributed by atoms with van der Waals surface area (Å²) < 4.78 is 49.2. The number of aryl methyl sites for hydroxylation is 1. The number of hydrogen-bond donors (Lipinski definition) is 1. The third kappa shape index (κ3) is 6.81. The second-order valence-electron chi connectivity index (χ2n) is 9.81. The van der Waals surface area contributed by atoms with Crippen LogP contribution in [0.3, 0.4) is 0 Å². The first-order valence-electron chi connectivity index (χ1n) is 13.4. The van der Waals surface area contributed by atoms with Gasteiger partial charge in [-0.2, -0.15) is 4.31 Å². The Hall–Kier alpha value is -3.23. The Kier molecular flexibility index (Phi) is 9.40. The molecule has 5 rings (SSSR count). The van der Waals surface area contributed by atoms with Gasteiger partial charge in [0, 0.05) is 62.6 Å². The zero-order valence-electron chi connectivity index (χ0n) is 22.3. The molecule has 1 aromatic carbocycles. The molecule has 2 atom stereocenters. The van der Waals surface area contributed by atoms with E-state index >= 15 is 0 Å². The number of hydroxylamine groups is 1. The normalized spacial score (nSPS) is 20.1. The molecule has 0 spiro atoms. The largest absolute Gasteiger partial charge is 0.350 e. The molecule has 4 heterocycles. The van der Waals surface area contributed by atoms with E-state index in [1.54, 1.807) is 36.0 Å². The summed E-state index contributed by atoms with van der Waals surface area (Å²) in [5.41, 5.74) is 3.63. The van der Waals surface area contributed by atoms with Crippen molar-refractivity contribution in [2.45, 2.75) is 48.6 Å². The monoisotopic (exact) mass is 602 g/mol. The number of rotatable bonds is 9. The zero-order valence-corrected chi connectivity index (χ0v) is 23.9. The van der Waals surface area contributed by atoms with Crippen LogP contribution < -0.4 is 5.48 Å². The van der Waals surface area contributed by atoms with E-state index in [1.165, 1.54) is 23.1 Å². The highest BCUT2D eigenvalue weighted by atomic mass is 32.2. The van der Waals surface area contributed by atoms with Crippen molar-refractivity contribution in [2.24, 2.45) is 0 Å². The fourth-order valence-electron chi connectivity index (χ4n) is 4.93. The van der Waals surface area contributed by atoms with Crippen LogP contribution in [0.25, 0.3) is 11.1 Å². The quantitative estimate of drug-likeness (QED) is 0.373. The van der Waals surface area contributed by atoms with Crippen LogP contribution in [0.4, 0.5) is 4.39 Å². The molecule has 41 heavy (non-hydrogen) atoms. The number of carbonyl (C=O) groups is 2. The number of piperazine rings is 1. The lowest BCUT2D eigenvalue weighted by molar-refractivity contribution is -0.202. The van der Waals surface area contributed by atoms with Gasteiger partial charge in [-0.25, -0.2) is 23.1 Å². The van der Waals surface area contributed by atoms with E-state index in [1.807, 2.05) is 6.07 Å². The van der Waals surface area contributed by atoms with Gasteiger partial charge >= 0.3 is 0 Å². The van der Waals surface area contributed by atoms with E-state index in [0.29, 0.717) is 19.4 Å². The molecular weight excluding hydrogens is 571 g/mol. The molecule has 2 amide bonds. The first-order chi connectivity index (χ1) is 19.8. The van der Waals surface area contributed by atoms with Crippen LogP contribution in [0.5, 0.6) is 0 Å². The van der Waals surface area contributed by atoms with Crippen molar-refractivity contribution in [3.63, 3.8) is 0 Å². The molecule has 0 bridgehead atoms. The van der Waals surface area contributed by atoms with Crippen molar-refractivity contribution in [2.75, 3.05) is 26.2 Å². The van der Waals surface area contributed by atoms with Crippen LogP contribution >= 0.6 is 11.3 Å². The lowest BCUT2D eigenvalue weighted by Crippen LogP contribution is -2.61. The van der Waals surface area contributed by atoms with Crippen LogP contribution in [0.1, 0.15) is 31.2 Å². The number of halogens is 1. The van der Waals surface area contributed by atoms with E-state index in [9.17, 15) is 22.4 Å². The highest BCUT2D eigenvalue weighted by Gasteiger charge is 2.43. The van der Waals surface area contributed by atoms with Gasteiger partial charge in [-0.05, 0) is 48.4 Å². The number of sulfonamides is 1. The summed E-state index contributed by atoms with van der Waals surface area (Å²) >= 11 is 0.951. The molecule has 0 radical (unpaired) electrons. The molecule has 2 aromatic heterocycles. The molecule has 1 unspecified atom stereocenters. The van der Waals surface area contributed by atoms with Crippen molar-refractivity contribution < 1.29 is 32.0 Å². The molecule has 3 aromatic rings. The van der Waals surface area contributed by atoms with E-state index < -0.39 is 34.1 Å². The predicted molar refractivity (Wildman–Crippen MR) is 149 cm³/mol. The number of pyridine rings is 1. The summed E-state index contributed by atoms with van der Waals surface area (Å²) in [4.78, 5) is 37.6. The minimum absolute atomic E-state index is 0.0757. The summed E-state index contributed by atoms with van der Waals surface area (Å²) in [5.74, 6) is -1.47. The number of amides is 2. The molecule has 10 nitrogen and oxygen atoms in total. The van der Waals surface area contributed by atoms with E-state index in [2.05, 4.69) is 10.5 Å². The van der Waals surface area contributed by atoms with Crippen LogP contribution in [-0.2, 0) is 35.6 Å². The number of aromatic nitrogens is 1. The lowest BCUT2D eigenvalue weighted by Gasteiger charge is -2.39. The van der Waals surface area contributed by atoms with Crippen molar-refractivity contribution in [1.82, 2.24) is 19.7 Å². The van der Waals surface area contributed by atoms with Crippen LogP contribution in [0.15, 0.2) is 64.4 Å².